The van der Waals surface area contributed by atoms with Gasteiger partial charge in [0.2, 0.25) is 5.78 Å². The summed E-state index contributed by atoms with van der Waals surface area (Å²) in [6, 6.07) is 2.83. The van der Waals surface area contributed by atoms with Gasteiger partial charge in [0, 0.05) is 10.6 Å². The first kappa shape index (κ1) is 18.3. The lowest BCUT2D eigenvalue weighted by atomic mass is 9.94. The molecular formula is C12H7ClF6O3. The molecule has 0 atom stereocenters. The molecule has 122 valence electrons. The third-order valence-electron chi connectivity index (χ3n) is 2.85. The van der Waals surface area contributed by atoms with Crippen LogP contribution in [0.4, 0.5) is 26.3 Å². The van der Waals surface area contributed by atoms with Crippen molar-refractivity contribution >= 4 is 23.4 Å². The molecule has 0 aromatic heterocycles. The van der Waals surface area contributed by atoms with Crippen LogP contribution in [0.2, 0.25) is 5.02 Å². The topological polar surface area (TPSA) is 54.4 Å². The molecule has 0 radical (unpaired) electrons. The number of carbonyl (C=O) groups excluding carboxylic acids is 1. The first-order chi connectivity index (χ1) is 9.78. The molecule has 0 saturated heterocycles. The van der Waals surface area contributed by atoms with Crippen molar-refractivity contribution < 1.29 is 41.0 Å². The van der Waals surface area contributed by atoms with E-state index in [1.165, 1.54) is 0 Å². The zero-order valence-electron chi connectivity index (χ0n) is 10.6. The van der Waals surface area contributed by atoms with Crippen LogP contribution in [0.5, 0.6) is 0 Å². The quantitative estimate of drug-likeness (QED) is 0.650. The van der Waals surface area contributed by atoms with Crippen molar-refractivity contribution in [3.8, 4) is 0 Å². The minimum atomic E-state index is -6.43. The zero-order chi connectivity index (χ0) is 17.5. The average Bonchev–Trinajstić information content (AvgIpc) is 2.40. The fraction of sp³-hybridized carbons (Fsp3) is 0.333. The number of benzene rings is 1. The third kappa shape index (κ3) is 2.53. The van der Waals surface area contributed by atoms with Gasteiger partial charge in [-0.25, -0.2) is 4.79 Å². The Morgan fingerprint density at radius 3 is 2.00 bits per heavy atom. The number of hydrogen-bond donors (Lipinski definition) is 1. The van der Waals surface area contributed by atoms with Crippen molar-refractivity contribution in [2.45, 2.75) is 24.7 Å². The van der Waals surface area contributed by atoms with Gasteiger partial charge in [0.25, 0.3) is 0 Å². The van der Waals surface area contributed by atoms with Crippen LogP contribution in [0.1, 0.15) is 15.9 Å². The van der Waals surface area contributed by atoms with Crippen molar-refractivity contribution in [3.63, 3.8) is 0 Å². The summed E-state index contributed by atoms with van der Waals surface area (Å²) in [5.41, 5.74) is -1.35. The SMILES string of the molecule is Cc1c(Cl)cccc1C(=O)C(F)(F)C(F)(F)C(F)(F)C(=O)O. The number of carboxylic acid groups (broad SMARTS) is 1. The molecule has 1 rings (SSSR count). The Bertz CT molecular complexity index is 629. The zero-order valence-corrected chi connectivity index (χ0v) is 11.4. The van der Waals surface area contributed by atoms with Gasteiger partial charge >= 0.3 is 23.7 Å². The molecule has 0 amide bonds. The normalized spacial score (nSPS) is 13.1. The monoisotopic (exact) mass is 348 g/mol. The van der Waals surface area contributed by atoms with Gasteiger partial charge in [0.05, 0.1) is 0 Å². The number of aliphatic carboxylic acids is 1. The molecule has 0 fully saturated rings. The highest BCUT2D eigenvalue weighted by molar-refractivity contribution is 6.32. The van der Waals surface area contributed by atoms with Crippen LogP contribution in [-0.4, -0.2) is 34.6 Å². The standard InChI is InChI=1S/C12H7ClF6O3/c1-5-6(3-2-4-7(5)13)8(20)10(14,15)12(18,19)11(16,17)9(21)22/h2-4H,1H3,(H,21,22). The van der Waals surface area contributed by atoms with Crippen molar-refractivity contribution in [2.24, 2.45) is 0 Å². The summed E-state index contributed by atoms with van der Waals surface area (Å²) in [6.45, 7) is 1.04. The van der Waals surface area contributed by atoms with Gasteiger partial charge in [-0.05, 0) is 18.6 Å². The molecule has 1 N–H and O–H groups in total. The largest absolute Gasteiger partial charge is 0.477 e. The van der Waals surface area contributed by atoms with E-state index in [9.17, 15) is 35.9 Å². The molecule has 10 heteroatoms. The van der Waals surface area contributed by atoms with E-state index in [0.29, 0.717) is 6.07 Å². The molecule has 0 bridgehead atoms. The van der Waals surface area contributed by atoms with Gasteiger partial charge in [-0.1, -0.05) is 23.7 Å². The average molecular weight is 349 g/mol. The summed E-state index contributed by atoms with van der Waals surface area (Å²) in [7, 11) is 0. The maximum absolute atomic E-state index is 13.6. The highest BCUT2D eigenvalue weighted by Gasteiger charge is 2.78. The number of hydrogen-bond acceptors (Lipinski definition) is 2. The Hall–Kier alpha value is -1.77. The third-order valence-corrected chi connectivity index (χ3v) is 3.26. The molecule has 3 nitrogen and oxygen atoms in total. The Kier molecular flexibility index (Phi) is 4.53. The second-order valence-electron chi connectivity index (χ2n) is 4.27. The summed E-state index contributed by atoms with van der Waals surface area (Å²) in [6.07, 6.45) is 0. The van der Waals surface area contributed by atoms with Crippen LogP contribution in [-0.2, 0) is 4.79 Å². The van der Waals surface area contributed by atoms with Crippen LogP contribution in [0, 0.1) is 6.92 Å². The van der Waals surface area contributed by atoms with E-state index < -0.39 is 35.1 Å². The van der Waals surface area contributed by atoms with E-state index in [2.05, 4.69) is 0 Å². The van der Waals surface area contributed by atoms with Crippen LogP contribution in [0.25, 0.3) is 0 Å². The second kappa shape index (κ2) is 5.45. The number of Topliss-reactive ketones (excluding diaryl/α,β-unsaturated/α-hetero) is 1. The van der Waals surface area contributed by atoms with E-state index in [1.54, 1.807) is 0 Å². The van der Waals surface area contributed by atoms with Crippen molar-refractivity contribution in [3.05, 3.63) is 34.3 Å². The van der Waals surface area contributed by atoms with Gasteiger partial charge in [-0.15, -0.1) is 0 Å². The highest BCUT2D eigenvalue weighted by Crippen LogP contribution is 2.47. The first-order valence-corrected chi connectivity index (χ1v) is 5.83. The van der Waals surface area contributed by atoms with Gasteiger partial charge in [0.1, 0.15) is 0 Å². The molecule has 0 aliphatic heterocycles. The molecule has 0 spiro atoms. The minimum Gasteiger partial charge on any atom is -0.477 e. The molecule has 1 aromatic carbocycles. The van der Waals surface area contributed by atoms with E-state index in [1.807, 2.05) is 0 Å². The number of carbonyl (C=O) groups is 2. The lowest BCUT2D eigenvalue weighted by Gasteiger charge is -2.29. The lowest BCUT2D eigenvalue weighted by Crippen LogP contribution is -2.61. The Balaban J connectivity index is 3.43. The molecule has 22 heavy (non-hydrogen) atoms. The van der Waals surface area contributed by atoms with E-state index in [-0.39, 0.29) is 10.6 Å². The molecule has 1 aromatic rings. The predicted octanol–water partition coefficient (Wildman–Crippen LogP) is 3.82. The molecule has 0 unspecified atom stereocenters. The van der Waals surface area contributed by atoms with Crippen LogP contribution < -0.4 is 0 Å². The van der Waals surface area contributed by atoms with Crippen LogP contribution >= 0.6 is 11.6 Å². The van der Waals surface area contributed by atoms with E-state index in [4.69, 9.17) is 16.7 Å². The lowest BCUT2D eigenvalue weighted by molar-refractivity contribution is -0.285. The summed E-state index contributed by atoms with van der Waals surface area (Å²) in [5.74, 6) is -24.7. The number of carboxylic acids is 1. The maximum atomic E-state index is 13.6. The smallest absolute Gasteiger partial charge is 0.411 e. The summed E-state index contributed by atoms with van der Waals surface area (Å²) in [4.78, 5) is 21.6. The number of ketones is 1. The fourth-order valence-corrected chi connectivity index (χ4v) is 1.67. The van der Waals surface area contributed by atoms with E-state index in [0.717, 1.165) is 19.1 Å². The molecule has 0 saturated carbocycles. The molecule has 0 aliphatic carbocycles. The summed E-state index contributed by atoms with van der Waals surface area (Å²) >= 11 is 5.54. The summed E-state index contributed by atoms with van der Waals surface area (Å²) in [5, 5.41) is 7.77. The van der Waals surface area contributed by atoms with Crippen molar-refractivity contribution in [2.75, 3.05) is 0 Å². The number of halogens is 7. The van der Waals surface area contributed by atoms with Gasteiger partial charge in [0.15, 0.2) is 0 Å². The van der Waals surface area contributed by atoms with E-state index >= 15 is 0 Å². The van der Waals surface area contributed by atoms with Gasteiger partial charge < -0.3 is 5.11 Å². The maximum Gasteiger partial charge on any atom is 0.411 e. The number of alkyl halides is 6. The molecule has 0 aliphatic rings. The number of rotatable bonds is 5. The fourth-order valence-electron chi connectivity index (χ4n) is 1.50. The predicted molar refractivity (Wildman–Crippen MR) is 63.0 cm³/mol. The molecule has 0 heterocycles. The minimum absolute atomic E-state index is 0.227. The van der Waals surface area contributed by atoms with Gasteiger partial charge in [-0.3, -0.25) is 4.79 Å². The molecular weight excluding hydrogens is 342 g/mol. The Labute approximate surface area is 124 Å². The van der Waals surface area contributed by atoms with Crippen LogP contribution in [0.15, 0.2) is 18.2 Å². The first-order valence-electron chi connectivity index (χ1n) is 5.45. The second-order valence-corrected chi connectivity index (χ2v) is 4.68. The van der Waals surface area contributed by atoms with Crippen molar-refractivity contribution in [1.82, 2.24) is 0 Å². The Morgan fingerprint density at radius 2 is 1.55 bits per heavy atom. The Morgan fingerprint density at radius 1 is 1.05 bits per heavy atom. The van der Waals surface area contributed by atoms with Crippen molar-refractivity contribution in [1.29, 1.82) is 0 Å². The summed E-state index contributed by atoms with van der Waals surface area (Å²) < 4.78 is 79.4. The highest BCUT2D eigenvalue weighted by atomic mass is 35.5. The van der Waals surface area contributed by atoms with Gasteiger partial charge in [-0.2, -0.15) is 26.3 Å². The van der Waals surface area contributed by atoms with Crippen LogP contribution in [0.3, 0.4) is 0 Å².